The minimum absolute atomic E-state index is 0.218. The molecule has 0 aliphatic carbocycles. The number of pyridine rings is 1. The molecule has 5 aromatic rings. The molecular formula is C24H19N5O2S2. The summed E-state index contributed by atoms with van der Waals surface area (Å²) in [7, 11) is 0. The van der Waals surface area contributed by atoms with E-state index in [-0.39, 0.29) is 11.5 Å². The zero-order valence-corrected chi connectivity index (χ0v) is 19.5. The van der Waals surface area contributed by atoms with Crippen LogP contribution in [0.4, 0.5) is 5.13 Å². The molecule has 0 unspecified atom stereocenters. The van der Waals surface area contributed by atoms with Gasteiger partial charge in [-0.1, -0.05) is 53.4 Å². The van der Waals surface area contributed by atoms with Crippen molar-refractivity contribution >= 4 is 55.3 Å². The highest BCUT2D eigenvalue weighted by Crippen LogP contribution is 2.28. The first-order chi connectivity index (χ1) is 16.0. The van der Waals surface area contributed by atoms with Crippen LogP contribution in [0.25, 0.3) is 26.9 Å². The summed E-state index contributed by atoms with van der Waals surface area (Å²) >= 11 is 2.63. The van der Waals surface area contributed by atoms with Gasteiger partial charge in [0.05, 0.1) is 26.4 Å². The number of anilines is 1. The van der Waals surface area contributed by atoms with Gasteiger partial charge in [0.1, 0.15) is 5.82 Å². The Morgan fingerprint density at radius 3 is 2.55 bits per heavy atom. The second kappa shape index (κ2) is 8.76. The summed E-state index contributed by atoms with van der Waals surface area (Å²) in [6.45, 7) is 3.71. The third-order valence-electron chi connectivity index (χ3n) is 5.05. The van der Waals surface area contributed by atoms with Gasteiger partial charge in [-0.25, -0.2) is 19.5 Å². The fourth-order valence-electron chi connectivity index (χ4n) is 3.33. The molecule has 2 aromatic carbocycles. The van der Waals surface area contributed by atoms with Gasteiger partial charge in [0.2, 0.25) is 5.91 Å². The third kappa shape index (κ3) is 4.24. The van der Waals surface area contributed by atoms with E-state index < -0.39 is 5.25 Å². The van der Waals surface area contributed by atoms with Crippen LogP contribution < -0.4 is 10.9 Å². The van der Waals surface area contributed by atoms with Gasteiger partial charge >= 0.3 is 0 Å². The van der Waals surface area contributed by atoms with Gasteiger partial charge in [-0.3, -0.25) is 9.59 Å². The molecule has 0 bridgehead atoms. The van der Waals surface area contributed by atoms with E-state index in [1.165, 1.54) is 27.7 Å². The Morgan fingerprint density at radius 1 is 1.03 bits per heavy atom. The predicted octanol–water partition coefficient (Wildman–Crippen LogP) is 4.82. The van der Waals surface area contributed by atoms with Crippen molar-refractivity contribution in [2.24, 2.45) is 0 Å². The number of para-hydroxylation sites is 2. The van der Waals surface area contributed by atoms with Crippen LogP contribution in [0.15, 0.2) is 76.8 Å². The standard InChI is InChI=1S/C24H19N5O2S2/c1-14-11-12-20(25-13-14)29-22(31)16-7-3-4-8-17(16)27-24(29)32-15(2)21(30)28-23-26-18-9-5-6-10-19(18)33-23/h3-13,15H,1-2H3,(H,26,28,30)/t15-/m0/s1. The number of thiazole rings is 1. The second-order valence-corrected chi connectivity index (χ2v) is 9.82. The number of fused-ring (bicyclic) bond motifs is 2. The fraction of sp³-hybridized carbons (Fsp3) is 0.125. The Bertz CT molecular complexity index is 1510. The minimum atomic E-state index is -0.526. The van der Waals surface area contributed by atoms with Gasteiger partial charge in [0, 0.05) is 6.20 Å². The first-order valence-electron chi connectivity index (χ1n) is 10.3. The zero-order chi connectivity index (χ0) is 22.9. The molecule has 0 aliphatic rings. The molecule has 0 aliphatic heterocycles. The maximum absolute atomic E-state index is 13.3. The highest BCUT2D eigenvalue weighted by Gasteiger charge is 2.21. The van der Waals surface area contributed by atoms with E-state index in [9.17, 15) is 9.59 Å². The molecule has 3 aromatic heterocycles. The molecule has 0 fully saturated rings. The number of thioether (sulfide) groups is 1. The molecule has 33 heavy (non-hydrogen) atoms. The number of nitrogens with zero attached hydrogens (tertiary/aromatic N) is 4. The summed E-state index contributed by atoms with van der Waals surface area (Å²) in [5, 5.41) is 3.80. The number of aromatic nitrogens is 4. The fourth-order valence-corrected chi connectivity index (χ4v) is 5.11. The molecule has 9 heteroatoms. The monoisotopic (exact) mass is 473 g/mol. The summed E-state index contributed by atoms with van der Waals surface area (Å²) in [5.74, 6) is 0.245. The maximum Gasteiger partial charge on any atom is 0.267 e. The number of hydrogen-bond donors (Lipinski definition) is 1. The molecule has 7 nitrogen and oxygen atoms in total. The first kappa shape index (κ1) is 21.3. The Balaban J connectivity index is 1.49. The molecule has 0 radical (unpaired) electrons. The number of benzene rings is 2. The first-order valence-corrected chi connectivity index (χ1v) is 12.0. The van der Waals surface area contributed by atoms with Gasteiger partial charge in [-0.2, -0.15) is 0 Å². The Labute approximate surface area is 197 Å². The second-order valence-electron chi connectivity index (χ2n) is 7.48. The molecule has 3 heterocycles. The van der Waals surface area contributed by atoms with E-state index in [2.05, 4.69) is 15.3 Å². The van der Waals surface area contributed by atoms with Crippen LogP contribution in [0.3, 0.4) is 0 Å². The number of aryl methyl sites for hydroxylation is 1. The number of rotatable bonds is 5. The lowest BCUT2D eigenvalue weighted by Crippen LogP contribution is -2.26. The van der Waals surface area contributed by atoms with Gasteiger partial charge < -0.3 is 5.32 Å². The molecular weight excluding hydrogens is 454 g/mol. The molecule has 0 saturated heterocycles. The lowest BCUT2D eigenvalue weighted by atomic mass is 10.2. The van der Waals surface area contributed by atoms with Crippen LogP contribution >= 0.6 is 23.1 Å². The van der Waals surface area contributed by atoms with E-state index in [1.54, 1.807) is 37.4 Å². The van der Waals surface area contributed by atoms with Gasteiger partial charge in [0.15, 0.2) is 10.3 Å². The molecule has 164 valence electrons. The zero-order valence-electron chi connectivity index (χ0n) is 17.9. The Hall–Kier alpha value is -3.56. The summed E-state index contributed by atoms with van der Waals surface area (Å²) in [4.78, 5) is 39.9. The van der Waals surface area contributed by atoms with Crippen molar-refractivity contribution in [2.75, 3.05) is 5.32 Å². The van der Waals surface area contributed by atoms with Crippen molar-refractivity contribution in [3.8, 4) is 5.82 Å². The lowest BCUT2D eigenvalue weighted by molar-refractivity contribution is -0.115. The van der Waals surface area contributed by atoms with Crippen molar-refractivity contribution in [2.45, 2.75) is 24.3 Å². The van der Waals surface area contributed by atoms with E-state index in [0.717, 1.165) is 15.8 Å². The van der Waals surface area contributed by atoms with Gasteiger partial charge in [0.25, 0.3) is 5.56 Å². The van der Waals surface area contributed by atoms with Crippen LogP contribution in [0, 0.1) is 6.92 Å². The quantitative estimate of drug-likeness (QED) is 0.291. The highest BCUT2D eigenvalue weighted by molar-refractivity contribution is 8.00. The average Bonchev–Trinajstić information content (AvgIpc) is 3.22. The van der Waals surface area contributed by atoms with Crippen molar-refractivity contribution < 1.29 is 4.79 Å². The van der Waals surface area contributed by atoms with Crippen molar-refractivity contribution in [3.05, 3.63) is 82.8 Å². The largest absolute Gasteiger partial charge is 0.301 e. The summed E-state index contributed by atoms with van der Waals surface area (Å²) in [6.07, 6.45) is 1.70. The van der Waals surface area contributed by atoms with Crippen LogP contribution in [-0.2, 0) is 4.79 Å². The SMILES string of the molecule is Cc1ccc(-n2c(S[C@@H](C)C(=O)Nc3nc4ccccc4s3)nc3ccccc3c2=O)nc1. The van der Waals surface area contributed by atoms with Gasteiger partial charge in [-0.15, -0.1) is 0 Å². The molecule has 0 spiro atoms. The van der Waals surface area contributed by atoms with Crippen molar-refractivity contribution in [3.63, 3.8) is 0 Å². The molecule has 5 rings (SSSR count). The number of carbonyl (C=O) groups is 1. The normalized spacial score (nSPS) is 12.2. The van der Waals surface area contributed by atoms with Crippen molar-refractivity contribution in [1.82, 2.24) is 19.5 Å². The third-order valence-corrected chi connectivity index (χ3v) is 7.05. The number of nitrogens with one attached hydrogen (secondary N) is 1. The lowest BCUT2D eigenvalue weighted by Gasteiger charge is -2.15. The molecule has 1 amide bonds. The average molecular weight is 474 g/mol. The molecule has 1 N–H and O–H groups in total. The summed E-state index contributed by atoms with van der Waals surface area (Å²) in [6, 6.07) is 18.6. The Morgan fingerprint density at radius 2 is 1.79 bits per heavy atom. The summed E-state index contributed by atoms with van der Waals surface area (Å²) < 4.78 is 2.47. The summed E-state index contributed by atoms with van der Waals surface area (Å²) in [5.41, 5.74) is 2.18. The maximum atomic E-state index is 13.3. The van der Waals surface area contributed by atoms with Crippen LogP contribution in [0.5, 0.6) is 0 Å². The van der Waals surface area contributed by atoms with Crippen molar-refractivity contribution in [1.29, 1.82) is 0 Å². The van der Waals surface area contributed by atoms with E-state index in [4.69, 9.17) is 4.98 Å². The topological polar surface area (TPSA) is 89.8 Å². The highest BCUT2D eigenvalue weighted by atomic mass is 32.2. The van der Waals surface area contributed by atoms with Crippen LogP contribution in [0.2, 0.25) is 0 Å². The molecule has 0 saturated carbocycles. The van der Waals surface area contributed by atoms with E-state index in [0.29, 0.717) is 27.0 Å². The van der Waals surface area contributed by atoms with E-state index >= 15 is 0 Å². The number of hydrogen-bond acceptors (Lipinski definition) is 7. The van der Waals surface area contributed by atoms with E-state index in [1.807, 2.05) is 43.3 Å². The van der Waals surface area contributed by atoms with Crippen LogP contribution in [0.1, 0.15) is 12.5 Å². The predicted molar refractivity (Wildman–Crippen MR) is 133 cm³/mol. The minimum Gasteiger partial charge on any atom is -0.301 e. The molecule has 1 atom stereocenters. The van der Waals surface area contributed by atoms with Gasteiger partial charge in [-0.05, 0) is 49.7 Å². The van der Waals surface area contributed by atoms with Crippen LogP contribution in [-0.4, -0.2) is 30.7 Å². The Kier molecular flexibility index (Phi) is 5.65. The number of amides is 1. The number of carbonyl (C=O) groups excluding carboxylic acids is 1. The smallest absolute Gasteiger partial charge is 0.267 e.